The lowest BCUT2D eigenvalue weighted by atomic mass is 10.1. The Hall–Kier alpha value is -2.24. The summed E-state index contributed by atoms with van der Waals surface area (Å²) in [4.78, 5) is 10.9. The second-order valence-corrected chi connectivity index (χ2v) is 4.38. The van der Waals surface area contributed by atoms with Gasteiger partial charge in [0.05, 0.1) is 5.69 Å². The third-order valence-electron chi connectivity index (χ3n) is 2.65. The molecule has 0 saturated heterocycles. The summed E-state index contributed by atoms with van der Waals surface area (Å²) in [7, 11) is 0. The van der Waals surface area contributed by atoms with E-state index in [1.54, 1.807) is 13.8 Å². The third-order valence-corrected chi connectivity index (χ3v) is 2.65. The Kier molecular flexibility index (Phi) is 3.33. The Morgan fingerprint density at radius 1 is 1.32 bits per heavy atom. The van der Waals surface area contributed by atoms with Crippen LogP contribution in [0.2, 0.25) is 0 Å². The molecule has 1 aromatic carbocycles. The smallest absolute Gasteiger partial charge is 0.356 e. The van der Waals surface area contributed by atoms with Crippen molar-refractivity contribution in [3.05, 3.63) is 41.6 Å². The highest BCUT2D eigenvalue weighted by molar-refractivity contribution is 5.87. The molecule has 0 atom stereocenters. The van der Waals surface area contributed by atoms with Crippen LogP contribution in [0.3, 0.4) is 0 Å². The van der Waals surface area contributed by atoms with Gasteiger partial charge in [0.25, 0.3) is 0 Å². The minimum absolute atomic E-state index is 0.00583. The number of aromatic nitrogens is 2. The number of hydrogen-bond acceptors (Lipinski definition) is 2. The van der Waals surface area contributed by atoms with Crippen LogP contribution in [0.4, 0.5) is 8.78 Å². The van der Waals surface area contributed by atoms with Crippen LogP contribution in [0.1, 0.15) is 30.4 Å². The zero-order valence-corrected chi connectivity index (χ0v) is 10.4. The summed E-state index contributed by atoms with van der Waals surface area (Å²) in [5.74, 6) is -2.43. The number of carboxylic acids is 1. The summed E-state index contributed by atoms with van der Waals surface area (Å²) in [6.07, 6.45) is 0. The summed E-state index contributed by atoms with van der Waals surface area (Å²) < 4.78 is 28.3. The molecule has 100 valence electrons. The zero-order valence-electron chi connectivity index (χ0n) is 10.4. The zero-order chi connectivity index (χ0) is 14.2. The highest BCUT2D eigenvalue weighted by Gasteiger charge is 2.19. The fraction of sp³-hybridized carbons (Fsp3) is 0.231. The van der Waals surface area contributed by atoms with E-state index in [-0.39, 0.29) is 23.0 Å². The van der Waals surface area contributed by atoms with E-state index in [4.69, 9.17) is 5.11 Å². The maximum absolute atomic E-state index is 13.8. The molecule has 0 bridgehead atoms. The van der Waals surface area contributed by atoms with E-state index in [0.29, 0.717) is 0 Å². The van der Waals surface area contributed by atoms with Gasteiger partial charge in [-0.25, -0.2) is 13.6 Å². The van der Waals surface area contributed by atoms with Gasteiger partial charge in [-0.3, -0.25) is 4.68 Å². The summed E-state index contributed by atoms with van der Waals surface area (Å²) in [6, 6.07) is 4.10. The molecule has 0 aliphatic carbocycles. The first kappa shape index (κ1) is 13.2. The fourth-order valence-electron chi connectivity index (χ4n) is 1.79. The van der Waals surface area contributed by atoms with Crippen molar-refractivity contribution in [2.24, 2.45) is 0 Å². The quantitative estimate of drug-likeness (QED) is 0.928. The monoisotopic (exact) mass is 266 g/mol. The molecule has 0 amide bonds. The fourth-order valence-corrected chi connectivity index (χ4v) is 1.79. The van der Waals surface area contributed by atoms with Crippen LogP contribution < -0.4 is 0 Å². The molecule has 1 N–H and O–H groups in total. The first-order valence-corrected chi connectivity index (χ1v) is 5.68. The lowest BCUT2D eigenvalue weighted by Crippen LogP contribution is -2.07. The molecule has 0 saturated carbocycles. The highest BCUT2D eigenvalue weighted by atomic mass is 19.1. The van der Waals surface area contributed by atoms with E-state index in [9.17, 15) is 13.6 Å². The van der Waals surface area contributed by atoms with Gasteiger partial charge >= 0.3 is 5.97 Å². The standard InChI is InChI=1S/C13H12F2N2O2/c1-7(2)17-12(6-11(16-17)13(18)19)9-5-8(14)3-4-10(9)15/h3-7H,1-2H3,(H,18,19). The maximum atomic E-state index is 13.8. The summed E-state index contributed by atoms with van der Waals surface area (Å²) >= 11 is 0. The second kappa shape index (κ2) is 4.79. The number of carbonyl (C=O) groups is 1. The predicted molar refractivity (Wildman–Crippen MR) is 64.9 cm³/mol. The largest absolute Gasteiger partial charge is 0.476 e. The van der Waals surface area contributed by atoms with E-state index in [0.717, 1.165) is 18.2 Å². The van der Waals surface area contributed by atoms with Gasteiger partial charge in [-0.05, 0) is 38.1 Å². The molecular formula is C13H12F2N2O2. The van der Waals surface area contributed by atoms with Crippen molar-refractivity contribution in [1.82, 2.24) is 9.78 Å². The van der Waals surface area contributed by atoms with Crippen LogP contribution in [-0.2, 0) is 0 Å². The topological polar surface area (TPSA) is 55.1 Å². The van der Waals surface area contributed by atoms with Crippen LogP contribution in [0.15, 0.2) is 24.3 Å². The Bertz CT molecular complexity index is 636. The molecule has 2 aromatic rings. The first-order chi connectivity index (χ1) is 8.90. The predicted octanol–water partition coefficient (Wildman–Crippen LogP) is 3.11. The van der Waals surface area contributed by atoms with Crippen molar-refractivity contribution in [3.8, 4) is 11.3 Å². The Morgan fingerprint density at radius 3 is 2.58 bits per heavy atom. The normalized spacial score (nSPS) is 11.0. The minimum atomic E-state index is -1.21. The van der Waals surface area contributed by atoms with Crippen molar-refractivity contribution < 1.29 is 18.7 Å². The molecule has 0 radical (unpaired) electrons. The maximum Gasteiger partial charge on any atom is 0.356 e. The molecule has 4 nitrogen and oxygen atoms in total. The summed E-state index contributed by atoms with van der Waals surface area (Å²) in [5.41, 5.74) is 0.0328. The first-order valence-electron chi connectivity index (χ1n) is 5.68. The van der Waals surface area contributed by atoms with Crippen LogP contribution in [0, 0.1) is 11.6 Å². The summed E-state index contributed by atoms with van der Waals surface area (Å²) in [6.45, 7) is 3.55. The van der Waals surface area contributed by atoms with Gasteiger partial charge in [-0.2, -0.15) is 5.10 Å². The molecule has 2 rings (SSSR count). The molecule has 6 heteroatoms. The lowest BCUT2D eigenvalue weighted by molar-refractivity contribution is 0.0689. The molecule has 0 unspecified atom stereocenters. The van der Waals surface area contributed by atoms with Gasteiger partial charge in [0, 0.05) is 11.6 Å². The number of benzene rings is 1. The van der Waals surface area contributed by atoms with Crippen LogP contribution in [-0.4, -0.2) is 20.9 Å². The number of aromatic carboxylic acids is 1. The van der Waals surface area contributed by atoms with Gasteiger partial charge in [0.15, 0.2) is 5.69 Å². The van der Waals surface area contributed by atoms with Crippen LogP contribution in [0.25, 0.3) is 11.3 Å². The highest BCUT2D eigenvalue weighted by Crippen LogP contribution is 2.27. The molecule has 19 heavy (non-hydrogen) atoms. The lowest BCUT2D eigenvalue weighted by Gasteiger charge is -2.11. The van der Waals surface area contributed by atoms with Gasteiger partial charge in [-0.15, -0.1) is 0 Å². The van der Waals surface area contributed by atoms with Gasteiger partial charge in [0.1, 0.15) is 11.6 Å². The molecule has 0 spiro atoms. The molecule has 0 fully saturated rings. The Morgan fingerprint density at radius 2 is 2.00 bits per heavy atom. The van der Waals surface area contributed by atoms with Gasteiger partial charge in [-0.1, -0.05) is 0 Å². The van der Waals surface area contributed by atoms with Crippen molar-refractivity contribution in [2.75, 3.05) is 0 Å². The second-order valence-electron chi connectivity index (χ2n) is 4.38. The van der Waals surface area contributed by atoms with E-state index < -0.39 is 17.6 Å². The van der Waals surface area contributed by atoms with Crippen LogP contribution >= 0.6 is 0 Å². The molecule has 1 heterocycles. The van der Waals surface area contributed by atoms with E-state index >= 15 is 0 Å². The summed E-state index contributed by atoms with van der Waals surface area (Å²) in [5, 5.41) is 12.8. The molecule has 1 aromatic heterocycles. The van der Waals surface area contributed by atoms with Gasteiger partial charge in [0.2, 0.25) is 0 Å². The molecule has 0 aliphatic heterocycles. The minimum Gasteiger partial charge on any atom is -0.476 e. The number of nitrogens with zero attached hydrogens (tertiary/aromatic N) is 2. The number of rotatable bonds is 3. The SMILES string of the molecule is CC(C)n1nc(C(=O)O)cc1-c1cc(F)ccc1F. The average molecular weight is 266 g/mol. The van der Waals surface area contributed by atoms with Crippen LogP contribution in [0.5, 0.6) is 0 Å². The Balaban J connectivity index is 2.66. The van der Waals surface area contributed by atoms with E-state index in [1.807, 2.05) is 0 Å². The number of hydrogen-bond donors (Lipinski definition) is 1. The van der Waals surface area contributed by atoms with Gasteiger partial charge < -0.3 is 5.11 Å². The van der Waals surface area contributed by atoms with Crippen molar-refractivity contribution in [1.29, 1.82) is 0 Å². The third kappa shape index (κ3) is 2.47. The average Bonchev–Trinajstić information content (AvgIpc) is 2.77. The number of halogens is 2. The van der Waals surface area contributed by atoms with Crippen molar-refractivity contribution in [2.45, 2.75) is 19.9 Å². The van der Waals surface area contributed by atoms with Crippen molar-refractivity contribution >= 4 is 5.97 Å². The Labute approximate surface area is 108 Å². The number of carboxylic acid groups (broad SMARTS) is 1. The van der Waals surface area contributed by atoms with E-state index in [2.05, 4.69) is 5.10 Å². The molecule has 0 aliphatic rings. The van der Waals surface area contributed by atoms with Crippen molar-refractivity contribution in [3.63, 3.8) is 0 Å². The van der Waals surface area contributed by atoms with E-state index in [1.165, 1.54) is 10.7 Å². The molecular weight excluding hydrogens is 254 g/mol.